The number of rotatable bonds is 3. The molecular formula is C13H18N2O3S. The van der Waals surface area contributed by atoms with Crippen molar-refractivity contribution in [1.82, 2.24) is 4.31 Å². The highest BCUT2D eigenvalue weighted by molar-refractivity contribution is 7.89. The maximum Gasteiger partial charge on any atom is 0.248 e. The van der Waals surface area contributed by atoms with Crippen molar-refractivity contribution in [3.05, 3.63) is 29.8 Å². The molecule has 1 fully saturated rings. The van der Waals surface area contributed by atoms with Crippen LogP contribution in [0, 0.1) is 5.92 Å². The van der Waals surface area contributed by atoms with Crippen molar-refractivity contribution in [3.63, 3.8) is 0 Å². The van der Waals surface area contributed by atoms with Gasteiger partial charge in [-0.1, -0.05) is 6.92 Å². The topological polar surface area (TPSA) is 80.5 Å². The molecule has 1 aromatic rings. The van der Waals surface area contributed by atoms with Gasteiger partial charge in [-0.2, -0.15) is 4.31 Å². The molecule has 104 valence electrons. The summed E-state index contributed by atoms with van der Waals surface area (Å²) < 4.78 is 26.4. The number of hydrogen-bond donors (Lipinski definition) is 1. The van der Waals surface area contributed by atoms with Crippen LogP contribution in [0.5, 0.6) is 0 Å². The minimum atomic E-state index is -3.46. The maximum absolute atomic E-state index is 12.4. The van der Waals surface area contributed by atoms with Crippen LogP contribution in [0.2, 0.25) is 0 Å². The third kappa shape index (κ3) is 2.96. The maximum atomic E-state index is 12.4. The van der Waals surface area contributed by atoms with Gasteiger partial charge in [0.05, 0.1) is 4.90 Å². The highest BCUT2D eigenvalue weighted by Gasteiger charge is 2.28. The largest absolute Gasteiger partial charge is 0.366 e. The summed E-state index contributed by atoms with van der Waals surface area (Å²) in [7, 11) is -3.46. The molecule has 5 nitrogen and oxygen atoms in total. The van der Waals surface area contributed by atoms with Crippen LogP contribution in [0.15, 0.2) is 29.2 Å². The van der Waals surface area contributed by atoms with E-state index in [2.05, 4.69) is 6.92 Å². The molecule has 1 unspecified atom stereocenters. The quantitative estimate of drug-likeness (QED) is 0.904. The number of hydrogen-bond acceptors (Lipinski definition) is 3. The van der Waals surface area contributed by atoms with Gasteiger partial charge in [-0.3, -0.25) is 4.79 Å². The summed E-state index contributed by atoms with van der Waals surface area (Å²) in [6.07, 6.45) is 1.95. The molecule has 1 atom stereocenters. The first-order chi connectivity index (χ1) is 8.91. The zero-order valence-corrected chi connectivity index (χ0v) is 11.7. The molecule has 2 N–H and O–H groups in total. The van der Waals surface area contributed by atoms with Gasteiger partial charge in [0.25, 0.3) is 0 Å². The van der Waals surface area contributed by atoms with Crippen molar-refractivity contribution >= 4 is 15.9 Å². The Hall–Kier alpha value is -1.40. The number of amides is 1. The van der Waals surface area contributed by atoms with Crippen molar-refractivity contribution in [2.24, 2.45) is 11.7 Å². The number of benzene rings is 1. The Balaban J connectivity index is 2.26. The molecule has 6 heteroatoms. The minimum absolute atomic E-state index is 0.214. The standard InChI is InChI=1S/C13H18N2O3S/c1-10-3-2-8-15(9-10)19(17,18)12-6-4-11(5-7-12)13(14)16/h4-7,10H,2-3,8-9H2,1H3,(H2,14,16). The highest BCUT2D eigenvalue weighted by atomic mass is 32.2. The van der Waals surface area contributed by atoms with Crippen molar-refractivity contribution in [2.75, 3.05) is 13.1 Å². The van der Waals surface area contributed by atoms with Gasteiger partial charge in [0, 0.05) is 18.7 Å². The Labute approximate surface area is 113 Å². The lowest BCUT2D eigenvalue weighted by Crippen LogP contribution is -2.39. The van der Waals surface area contributed by atoms with E-state index in [1.165, 1.54) is 28.6 Å². The highest BCUT2D eigenvalue weighted by Crippen LogP contribution is 2.23. The predicted octanol–water partition coefficient (Wildman–Crippen LogP) is 1.21. The van der Waals surface area contributed by atoms with Crippen molar-refractivity contribution in [1.29, 1.82) is 0 Å². The molecule has 0 saturated carbocycles. The summed E-state index contributed by atoms with van der Waals surface area (Å²) in [5.41, 5.74) is 5.45. The lowest BCUT2D eigenvalue weighted by atomic mass is 10.0. The fourth-order valence-electron chi connectivity index (χ4n) is 2.30. The third-order valence-electron chi connectivity index (χ3n) is 3.40. The van der Waals surface area contributed by atoms with Gasteiger partial charge < -0.3 is 5.73 Å². The van der Waals surface area contributed by atoms with E-state index in [4.69, 9.17) is 5.73 Å². The van der Waals surface area contributed by atoms with Crippen LogP contribution in [0.1, 0.15) is 30.1 Å². The van der Waals surface area contributed by atoms with Crippen molar-refractivity contribution in [3.8, 4) is 0 Å². The molecule has 0 aromatic heterocycles. The van der Waals surface area contributed by atoms with E-state index in [0.29, 0.717) is 24.6 Å². The molecule has 1 heterocycles. The number of sulfonamides is 1. The van der Waals surface area contributed by atoms with Crippen LogP contribution in [-0.4, -0.2) is 31.7 Å². The molecular weight excluding hydrogens is 264 g/mol. The Morgan fingerprint density at radius 3 is 2.47 bits per heavy atom. The summed E-state index contributed by atoms with van der Waals surface area (Å²) in [6.45, 7) is 3.17. The normalized spacial score (nSPS) is 21.2. The minimum Gasteiger partial charge on any atom is -0.366 e. The van der Waals surface area contributed by atoms with Gasteiger partial charge in [-0.05, 0) is 43.0 Å². The van der Waals surface area contributed by atoms with Crippen LogP contribution in [0.4, 0.5) is 0 Å². The van der Waals surface area contributed by atoms with E-state index in [1.807, 2.05) is 0 Å². The van der Waals surface area contributed by atoms with Crippen LogP contribution in [0.25, 0.3) is 0 Å². The molecule has 2 rings (SSSR count). The molecule has 1 aliphatic rings. The first kappa shape index (κ1) is 14.0. The molecule has 0 bridgehead atoms. The summed E-state index contributed by atoms with van der Waals surface area (Å²) in [5.74, 6) is -0.177. The monoisotopic (exact) mass is 282 g/mol. The summed E-state index contributed by atoms with van der Waals surface area (Å²) in [6, 6.07) is 5.77. The lowest BCUT2D eigenvalue weighted by Gasteiger charge is -2.30. The number of nitrogens with two attached hydrogens (primary N) is 1. The second kappa shape index (κ2) is 5.30. The van der Waals surface area contributed by atoms with E-state index < -0.39 is 15.9 Å². The number of carbonyl (C=O) groups is 1. The molecule has 1 amide bonds. The second-order valence-corrected chi connectivity index (χ2v) is 6.94. The SMILES string of the molecule is CC1CCCN(S(=O)(=O)c2ccc(C(N)=O)cc2)C1. The van der Waals surface area contributed by atoms with E-state index >= 15 is 0 Å². The molecule has 1 saturated heterocycles. The van der Waals surface area contributed by atoms with Gasteiger partial charge in [0.1, 0.15) is 0 Å². The first-order valence-electron chi connectivity index (χ1n) is 6.31. The van der Waals surface area contributed by atoms with Gasteiger partial charge in [0.15, 0.2) is 0 Å². The summed E-state index contributed by atoms with van der Waals surface area (Å²) in [5, 5.41) is 0. The molecule has 1 aromatic carbocycles. The molecule has 0 spiro atoms. The number of nitrogens with zero attached hydrogens (tertiary/aromatic N) is 1. The smallest absolute Gasteiger partial charge is 0.248 e. The van der Waals surface area contributed by atoms with Crippen LogP contribution in [0.3, 0.4) is 0 Å². The predicted molar refractivity (Wildman–Crippen MR) is 72.1 cm³/mol. The zero-order valence-electron chi connectivity index (χ0n) is 10.9. The van der Waals surface area contributed by atoms with Crippen molar-refractivity contribution < 1.29 is 13.2 Å². The Kier molecular flexibility index (Phi) is 3.91. The van der Waals surface area contributed by atoms with Gasteiger partial charge in [-0.15, -0.1) is 0 Å². The summed E-state index contributed by atoms with van der Waals surface area (Å²) in [4.78, 5) is 11.2. The second-order valence-electron chi connectivity index (χ2n) is 5.00. The molecule has 1 aliphatic heterocycles. The van der Waals surface area contributed by atoms with Gasteiger partial charge in [-0.25, -0.2) is 8.42 Å². The number of piperidine rings is 1. The van der Waals surface area contributed by atoms with Crippen molar-refractivity contribution in [2.45, 2.75) is 24.7 Å². The van der Waals surface area contributed by atoms with E-state index in [9.17, 15) is 13.2 Å². The van der Waals surface area contributed by atoms with Gasteiger partial charge in [0.2, 0.25) is 15.9 Å². The third-order valence-corrected chi connectivity index (χ3v) is 5.28. The van der Waals surface area contributed by atoms with E-state index in [-0.39, 0.29) is 4.90 Å². The Morgan fingerprint density at radius 1 is 1.32 bits per heavy atom. The molecule has 19 heavy (non-hydrogen) atoms. The average Bonchev–Trinajstić information content (AvgIpc) is 2.39. The summed E-state index contributed by atoms with van der Waals surface area (Å²) >= 11 is 0. The average molecular weight is 282 g/mol. The zero-order chi connectivity index (χ0) is 14.0. The van der Waals surface area contributed by atoms with E-state index in [1.54, 1.807) is 0 Å². The Morgan fingerprint density at radius 2 is 1.95 bits per heavy atom. The lowest BCUT2D eigenvalue weighted by molar-refractivity contribution is 0.1000. The first-order valence-corrected chi connectivity index (χ1v) is 7.75. The fourth-order valence-corrected chi connectivity index (χ4v) is 3.90. The van der Waals surface area contributed by atoms with Gasteiger partial charge >= 0.3 is 0 Å². The van der Waals surface area contributed by atoms with Crippen LogP contribution >= 0.6 is 0 Å². The van der Waals surface area contributed by atoms with E-state index in [0.717, 1.165) is 12.8 Å². The number of carbonyl (C=O) groups excluding carboxylic acids is 1. The fraction of sp³-hybridized carbons (Fsp3) is 0.462. The van der Waals surface area contributed by atoms with Crippen LogP contribution < -0.4 is 5.73 Å². The number of primary amides is 1. The molecule has 0 radical (unpaired) electrons. The Bertz CT molecular complexity index is 566. The molecule has 0 aliphatic carbocycles. The van der Waals surface area contributed by atoms with Crippen LogP contribution in [-0.2, 0) is 10.0 Å².